The fraction of sp³-hybridized carbons (Fsp3) is 0.107. The normalized spacial score (nSPS) is 10.8. The molecule has 2 N–H and O–H groups in total. The van der Waals surface area contributed by atoms with Crippen molar-refractivity contribution in [3.63, 3.8) is 0 Å². The molecular weight excluding hydrogens is 442 g/mol. The van der Waals surface area contributed by atoms with Crippen molar-refractivity contribution in [3.8, 4) is 11.5 Å². The average molecular weight is 468 g/mol. The Morgan fingerprint density at radius 3 is 2.54 bits per heavy atom. The number of benzene rings is 4. The molecule has 35 heavy (non-hydrogen) atoms. The summed E-state index contributed by atoms with van der Waals surface area (Å²) in [6, 6.07) is 26.4. The minimum atomic E-state index is -0.393. The number of carbonyl (C=O) groups excluding carboxylic acids is 2. The van der Waals surface area contributed by atoms with Gasteiger partial charge in [-0.3, -0.25) is 9.59 Å². The first-order chi connectivity index (χ1) is 17.0. The SMILES string of the molecule is COc1cc(/C=N\NC(=O)c2cccc(NC(C)=O)c2)ccc1OCc1cccc2ccccc12. The van der Waals surface area contributed by atoms with Crippen LogP contribution in [-0.2, 0) is 11.4 Å². The van der Waals surface area contributed by atoms with E-state index in [9.17, 15) is 9.59 Å². The van der Waals surface area contributed by atoms with Crippen LogP contribution in [0.2, 0.25) is 0 Å². The summed E-state index contributed by atoms with van der Waals surface area (Å²) in [7, 11) is 1.57. The highest BCUT2D eigenvalue weighted by Crippen LogP contribution is 2.29. The summed E-state index contributed by atoms with van der Waals surface area (Å²) in [5.41, 5.74) is 5.22. The van der Waals surface area contributed by atoms with Gasteiger partial charge in [0, 0.05) is 18.2 Å². The van der Waals surface area contributed by atoms with Gasteiger partial charge in [0.05, 0.1) is 13.3 Å². The summed E-state index contributed by atoms with van der Waals surface area (Å²) < 4.78 is 11.5. The second-order valence-corrected chi connectivity index (χ2v) is 7.80. The van der Waals surface area contributed by atoms with Crippen LogP contribution in [-0.4, -0.2) is 25.1 Å². The molecule has 0 atom stereocenters. The van der Waals surface area contributed by atoms with Gasteiger partial charge in [-0.15, -0.1) is 0 Å². The van der Waals surface area contributed by atoms with Crippen molar-refractivity contribution in [2.24, 2.45) is 5.10 Å². The molecular formula is C28H25N3O4. The number of carbonyl (C=O) groups is 2. The Morgan fingerprint density at radius 1 is 0.914 bits per heavy atom. The van der Waals surface area contributed by atoms with E-state index in [2.05, 4.69) is 34.0 Å². The molecule has 0 saturated heterocycles. The van der Waals surface area contributed by atoms with Crippen molar-refractivity contribution in [2.45, 2.75) is 13.5 Å². The molecule has 0 saturated carbocycles. The van der Waals surface area contributed by atoms with Crippen LogP contribution in [0, 0.1) is 0 Å². The third-order valence-corrected chi connectivity index (χ3v) is 5.28. The molecule has 0 aromatic heterocycles. The van der Waals surface area contributed by atoms with Crippen LogP contribution < -0.4 is 20.2 Å². The lowest BCUT2D eigenvalue weighted by atomic mass is 10.1. The molecule has 0 spiro atoms. The molecule has 4 rings (SSSR count). The summed E-state index contributed by atoms with van der Waals surface area (Å²) in [5, 5.41) is 8.99. The topological polar surface area (TPSA) is 89.0 Å². The number of rotatable bonds is 8. The van der Waals surface area contributed by atoms with E-state index in [1.807, 2.05) is 36.4 Å². The summed E-state index contributed by atoms with van der Waals surface area (Å²) in [6.07, 6.45) is 1.52. The summed E-state index contributed by atoms with van der Waals surface area (Å²) >= 11 is 0. The maximum absolute atomic E-state index is 12.4. The van der Waals surface area contributed by atoms with E-state index in [1.165, 1.54) is 13.1 Å². The fourth-order valence-corrected chi connectivity index (χ4v) is 3.63. The van der Waals surface area contributed by atoms with E-state index in [4.69, 9.17) is 9.47 Å². The quantitative estimate of drug-likeness (QED) is 0.277. The standard InChI is InChI=1S/C28H25N3O4/c1-19(32)30-24-11-6-9-22(16-24)28(33)31-29-17-20-13-14-26(27(15-20)34-2)35-18-23-10-5-8-21-7-3-4-12-25(21)23/h3-17H,18H2,1-2H3,(H,30,32)(H,31,33)/b29-17-. The minimum absolute atomic E-state index is 0.209. The number of nitrogens with zero attached hydrogens (tertiary/aromatic N) is 1. The molecule has 2 amide bonds. The molecule has 0 aliphatic carbocycles. The van der Waals surface area contributed by atoms with Crippen molar-refractivity contribution in [3.05, 3.63) is 102 Å². The molecule has 176 valence electrons. The first-order valence-corrected chi connectivity index (χ1v) is 11.0. The van der Waals surface area contributed by atoms with Crippen molar-refractivity contribution in [2.75, 3.05) is 12.4 Å². The van der Waals surface area contributed by atoms with E-state index in [0.717, 1.165) is 21.9 Å². The number of methoxy groups -OCH3 is 1. The number of amides is 2. The lowest BCUT2D eigenvalue weighted by molar-refractivity contribution is -0.114. The molecule has 7 nitrogen and oxygen atoms in total. The number of nitrogens with one attached hydrogen (secondary N) is 2. The highest BCUT2D eigenvalue weighted by molar-refractivity contribution is 5.97. The van der Waals surface area contributed by atoms with Crippen molar-refractivity contribution >= 4 is 34.5 Å². The van der Waals surface area contributed by atoms with E-state index in [0.29, 0.717) is 29.4 Å². The van der Waals surface area contributed by atoms with E-state index in [1.54, 1.807) is 37.4 Å². The number of hydrogen-bond donors (Lipinski definition) is 2. The van der Waals surface area contributed by atoms with E-state index in [-0.39, 0.29) is 5.91 Å². The fourth-order valence-electron chi connectivity index (χ4n) is 3.63. The Labute approximate surface area is 203 Å². The molecule has 4 aromatic rings. The van der Waals surface area contributed by atoms with Gasteiger partial charge in [-0.25, -0.2) is 5.43 Å². The predicted octanol–water partition coefficient (Wildman–Crippen LogP) is 5.15. The molecule has 0 bridgehead atoms. The van der Waals surface area contributed by atoms with Crippen molar-refractivity contribution in [1.82, 2.24) is 5.43 Å². The lowest BCUT2D eigenvalue weighted by Gasteiger charge is -2.12. The maximum atomic E-state index is 12.4. The smallest absolute Gasteiger partial charge is 0.271 e. The van der Waals surface area contributed by atoms with Crippen LogP contribution in [0.4, 0.5) is 5.69 Å². The number of fused-ring (bicyclic) bond motifs is 1. The molecule has 0 aliphatic heterocycles. The largest absolute Gasteiger partial charge is 0.493 e. The van der Waals surface area contributed by atoms with Crippen molar-refractivity contribution < 1.29 is 19.1 Å². The Morgan fingerprint density at radius 2 is 1.71 bits per heavy atom. The number of hydrogen-bond acceptors (Lipinski definition) is 5. The molecule has 0 heterocycles. The Bertz CT molecular complexity index is 1390. The molecule has 0 fully saturated rings. The summed E-state index contributed by atoms with van der Waals surface area (Å²) in [5.74, 6) is 0.564. The van der Waals surface area contributed by atoms with E-state index >= 15 is 0 Å². The van der Waals surface area contributed by atoms with Gasteiger partial charge in [0.2, 0.25) is 5.91 Å². The van der Waals surface area contributed by atoms with Gasteiger partial charge < -0.3 is 14.8 Å². The van der Waals surface area contributed by atoms with Crippen LogP contribution in [0.1, 0.15) is 28.4 Å². The van der Waals surface area contributed by atoms with Gasteiger partial charge >= 0.3 is 0 Å². The van der Waals surface area contributed by atoms with Gasteiger partial charge in [0.15, 0.2) is 11.5 Å². The molecule has 0 aliphatic rings. The number of hydrazone groups is 1. The van der Waals surface area contributed by atoms with Crippen LogP contribution in [0.5, 0.6) is 11.5 Å². The number of ether oxygens (including phenoxy) is 2. The third-order valence-electron chi connectivity index (χ3n) is 5.28. The maximum Gasteiger partial charge on any atom is 0.271 e. The second-order valence-electron chi connectivity index (χ2n) is 7.80. The van der Waals surface area contributed by atoms with Crippen molar-refractivity contribution in [1.29, 1.82) is 0 Å². The van der Waals surface area contributed by atoms with Crippen LogP contribution in [0.15, 0.2) is 90.0 Å². The first kappa shape index (κ1) is 23.5. The molecule has 0 radical (unpaired) electrons. The van der Waals surface area contributed by atoms with Crippen LogP contribution in [0.25, 0.3) is 10.8 Å². The number of anilines is 1. The van der Waals surface area contributed by atoms with Gasteiger partial charge in [-0.2, -0.15) is 5.10 Å². The Kier molecular flexibility index (Phi) is 7.37. The Balaban J connectivity index is 1.41. The van der Waals surface area contributed by atoms with Gasteiger partial charge in [-0.1, -0.05) is 48.5 Å². The van der Waals surface area contributed by atoms with Crippen LogP contribution >= 0.6 is 0 Å². The van der Waals surface area contributed by atoms with Gasteiger partial charge in [0.1, 0.15) is 6.61 Å². The van der Waals surface area contributed by atoms with E-state index < -0.39 is 5.91 Å². The minimum Gasteiger partial charge on any atom is -0.493 e. The molecule has 7 heteroatoms. The zero-order valence-corrected chi connectivity index (χ0v) is 19.4. The lowest BCUT2D eigenvalue weighted by Crippen LogP contribution is -2.18. The first-order valence-electron chi connectivity index (χ1n) is 11.0. The van der Waals surface area contributed by atoms with Gasteiger partial charge in [-0.05, 0) is 58.3 Å². The highest BCUT2D eigenvalue weighted by Gasteiger charge is 2.08. The van der Waals surface area contributed by atoms with Gasteiger partial charge in [0.25, 0.3) is 5.91 Å². The predicted molar refractivity (Wildman–Crippen MR) is 137 cm³/mol. The third kappa shape index (κ3) is 6.03. The highest BCUT2D eigenvalue weighted by atomic mass is 16.5. The molecule has 0 unspecified atom stereocenters. The second kappa shape index (κ2) is 11.0. The summed E-state index contributed by atoms with van der Waals surface area (Å²) in [4.78, 5) is 23.6. The Hall–Kier alpha value is -4.65. The molecule has 4 aromatic carbocycles. The zero-order valence-electron chi connectivity index (χ0n) is 19.4. The monoisotopic (exact) mass is 467 g/mol. The van der Waals surface area contributed by atoms with Crippen LogP contribution in [0.3, 0.4) is 0 Å². The summed E-state index contributed by atoms with van der Waals surface area (Å²) in [6.45, 7) is 1.81. The average Bonchev–Trinajstić information content (AvgIpc) is 2.87. The zero-order chi connectivity index (χ0) is 24.6.